The van der Waals surface area contributed by atoms with E-state index in [0.717, 1.165) is 10.5 Å². The van der Waals surface area contributed by atoms with E-state index in [1.807, 2.05) is 6.92 Å². The van der Waals surface area contributed by atoms with Crippen molar-refractivity contribution in [1.29, 1.82) is 0 Å². The number of rotatable bonds is 7. The van der Waals surface area contributed by atoms with Crippen LogP contribution in [0.15, 0.2) is 36.0 Å². The number of carbonyl (C=O) groups is 3. The molecule has 0 aliphatic carbocycles. The predicted molar refractivity (Wildman–Crippen MR) is 78.8 cm³/mol. The van der Waals surface area contributed by atoms with Gasteiger partial charge in [0.1, 0.15) is 0 Å². The van der Waals surface area contributed by atoms with Gasteiger partial charge in [0.15, 0.2) is 11.8 Å². The zero-order valence-electron chi connectivity index (χ0n) is 12.5. The molecule has 2 amide bonds. The molecule has 1 unspecified atom stereocenters. The van der Waals surface area contributed by atoms with Crippen LogP contribution in [0.1, 0.15) is 27.2 Å². The molecule has 20 heavy (non-hydrogen) atoms. The number of likely N-dealkylation sites (N-methyl/N-ethyl adjacent to an activating group) is 1. The molecule has 2 N–H and O–H groups in total. The smallest absolute Gasteiger partial charge is 0.254 e. The number of allylic oxidation sites excluding steroid dienone is 3. The molecular formula is C15H22N2O3. The van der Waals surface area contributed by atoms with Crippen LogP contribution in [0.5, 0.6) is 0 Å². The van der Waals surface area contributed by atoms with Crippen LogP contribution in [0.4, 0.5) is 0 Å². The van der Waals surface area contributed by atoms with Crippen LogP contribution in [-0.4, -0.2) is 35.6 Å². The van der Waals surface area contributed by atoms with Gasteiger partial charge in [0, 0.05) is 12.6 Å². The maximum Gasteiger partial charge on any atom is 0.254 e. The fourth-order valence-corrected chi connectivity index (χ4v) is 1.66. The lowest BCUT2D eigenvalue weighted by Gasteiger charge is -2.24. The SMILES string of the molecule is C=C(C)/C=C\C(=C/CC)C(=O)N(C)C(C(C)=O)C(N)=O. The Kier molecular flexibility index (Phi) is 7.21. The summed E-state index contributed by atoms with van der Waals surface area (Å²) in [6.45, 7) is 8.63. The van der Waals surface area contributed by atoms with Crippen molar-refractivity contribution in [2.45, 2.75) is 33.2 Å². The minimum absolute atomic E-state index is 0.394. The summed E-state index contributed by atoms with van der Waals surface area (Å²) >= 11 is 0. The van der Waals surface area contributed by atoms with E-state index in [1.165, 1.54) is 14.0 Å². The Bertz CT molecular complexity index is 462. The first-order valence-electron chi connectivity index (χ1n) is 6.33. The van der Waals surface area contributed by atoms with Crippen LogP contribution >= 0.6 is 0 Å². The summed E-state index contributed by atoms with van der Waals surface area (Å²) in [6, 6.07) is -1.25. The molecule has 0 aliphatic rings. The maximum absolute atomic E-state index is 12.3. The second-order valence-corrected chi connectivity index (χ2v) is 4.58. The van der Waals surface area contributed by atoms with Gasteiger partial charge in [-0.1, -0.05) is 31.2 Å². The number of Topliss-reactive ketones (excluding diaryl/α,β-unsaturated/α-hetero) is 1. The van der Waals surface area contributed by atoms with E-state index < -0.39 is 23.6 Å². The fourth-order valence-electron chi connectivity index (χ4n) is 1.66. The Labute approximate surface area is 119 Å². The Morgan fingerprint density at radius 2 is 1.80 bits per heavy atom. The van der Waals surface area contributed by atoms with Gasteiger partial charge in [-0.2, -0.15) is 0 Å². The molecular weight excluding hydrogens is 256 g/mol. The highest BCUT2D eigenvalue weighted by Gasteiger charge is 2.29. The summed E-state index contributed by atoms with van der Waals surface area (Å²) < 4.78 is 0. The third kappa shape index (κ3) is 5.22. The number of carbonyl (C=O) groups excluding carboxylic acids is 3. The zero-order valence-corrected chi connectivity index (χ0v) is 12.5. The van der Waals surface area contributed by atoms with Gasteiger partial charge in [-0.15, -0.1) is 0 Å². The van der Waals surface area contributed by atoms with Gasteiger partial charge >= 0.3 is 0 Å². The molecule has 1 atom stereocenters. The van der Waals surface area contributed by atoms with Crippen molar-refractivity contribution in [3.63, 3.8) is 0 Å². The Morgan fingerprint density at radius 3 is 2.15 bits per heavy atom. The predicted octanol–water partition coefficient (Wildman–Crippen LogP) is 1.36. The highest BCUT2D eigenvalue weighted by Crippen LogP contribution is 2.09. The number of nitrogens with two attached hydrogens (primary N) is 1. The summed E-state index contributed by atoms with van der Waals surface area (Å²) in [5.41, 5.74) is 6.35. The summed E-state index contributed by atoms with van der Waals surface area (Å²) in [4.78, 5) is 36.1. The van der Waals surface area contributed by atoms with Crippen LogP contribution < -0.4 is 5.73 Å². The van der Waals surface area contributed by atoms with Crippen LogP contribution in [0.25, 0.3) is 0 Å². The summed E-state index contributed by atoms with van der Waals surface area (Å²) in [5, 5.41) is 0. The molecule has 0 fully saturated rings. The monoisotopic (exact) mass is 278 g/mol. The quantitative estimate of drug-likeness (QED) is 0.434. The van der Waals surface area contributed by atoms with Gasteiger partial charge in [-0.3, -0.25) is 14.4 Å². The van der Waals surface area contributed by atoms with Gasteiger partial charge in [0.25, 0.3) is 5.91 Å². The van der Waals surface area contributed by atoms with E-state index in [0.29, 0.717) is 12.0 Å². The minimum Gasteiger partial charge on any atom is -0.367 e. The van der Waals surface area contributed by atoms with Gasteiger partial charge in [0.05, 0.1) is 0 Å². The highest BCUT2D eigenvalue weighted by molar-refractivity contribution is 6.08. The molecule has 0 heterocycles. The highest BCUT2D eigenvalue weighted by atomic mass is 16.2. The molecule has 0 bridgehead atoms. The van der Waals surface area contributed by atoms with E-state index in [9.17, 15) is 14.4 Å². The molecule has 5 nitrogen and oxygen atoms in total. The van der Waals surface area contributed by atoms with Crippen LogP contribution in [-0.2, 0) is 14.4 Å². The average molecular weight is 278 g/mol. The Hall–Kier alpha value is -2.17. The van der Waals surface area contributed by atoms with Crippen LogP contribution in [0.3, 0.4) is 0 Å². The van der Waals surface area contributed by atoms with Crippen molar-refractivity contribution >= 4 is 17.6 Å². The van der Waals surface area contributed by atoms with Crippen molar-refractivity contribution in [3.05, 3.63) is 36.0 Å². The Balaban J connectivity index is 5.35. The zero-order chi connectivity index (χ0) is 15.9. The number of ketones is 1. The van der Waals surface area contributed by atoms with Crippen LogP contribution in [0.2, 0.25) is 0 Å². The molecule has 0 saturated carbocycles. The summed E-state index contributed by atoms with van der Waals surface area (Å²) in [6.07, 6.45) is 5.68. The third-order valence-electron chi connectivity index (χ3n) is 2.58. The van der Waals surface area contributed by atoms with E-state index in [2.05, 4.69) is 6.58 Å². The number of hydrogen-bond acceptors (Lipinski definition) is 3. The lowest BCUT2D eigenvalue weighted by Crippen LogP contribution is -2.50. The molecule has 5 heteroatoms. The van der Waals surface area contributed by atoms with Crippen molar-refractivity contribution in [3.8, 4) is 0 Å². The first-order valence-corrected chi connectivity index (χ1v) is 6.33. The molecule has 0 saturated heterocycles. The first-order chi connectivity index (χ1) is 9.22. The normalized spacial score (nSPS) is 13.1. The van der Waals surface area contributed by atoms with E-state index in [4.69, 9.17) is 5.73 Å². The van der Waals surface area contributed by atoms with Gasteiger partial charge < -0.3 is 10.6 Å². The Morgan fingerprint density at radius 1 is 1.25 bits per heavy atom. The minimum atomic E-state index is -1.25. The van der Waals surface area contributed by atoms with Crippen molar-refractivity contribution < 1.29 is 14.4 Å². The molecule has 0 rings (SSSR count). The maximum atomic E-state index is 12.3. The van der Waals surface area contributed by atoms with Crippen molar-refractivity contribution in [2.75, 3.05) is 7.05 Å². The molecule has 0 radical (unpaired) electrons. The van der Waals surface area contributed by atoms with Gasteiger partial charge in [0.2, 0.25) is 5.91 Å². The summed E-state index contributed by atoms with van der Waals surface area (Å²) in [5.74, 6) is -1.73. The number of hydrogen-bond donors (Lipinski definition) is 1. The molecule has 0 aromatic rings. The van der Waals surface area contributed by atoms with Crippen molar-refractivity contribution in [2.24, 2.45) is 5.73 Å². The average Bonchev–Trinajstić information content (AvgIpc) is 2.32. The van der Waals surface area contributed by atoms with E-state index in [-0.39, 0.29) is 0 Å². The second-order valence-electron chi connectivity index (χ2n) is 4.58. The van der Waals surface area contributed by atoms with E-state index in [1.54, 1.807) is 25.2 Å². The topological polar surface area (TPSA) is 80.5 Å². The standard InChI is InChI=1S/C15H22N2O3/c1-6-7-12(9-8-10(2)3)15(20)17(5)13(11(4)18)14(16)19/h7-9,13H,2,6H2,1,3-5H3,(H2,16,19)/b9-8-,12-7+. The molecule has 0 aliphatic heterocycles. The van der Waals surface area contributed by atoms with Crippen LogP contribution in [0, 0.1) is 0 Å². The number of amides is 2. The molecule has 0 aromatic heterocycles. The first kappa shape index (κ1) is 17.8. The van der Waals surface area contributed by atoms with Gasteiger partial charge in [-0.05, 0) is 26.3 Å². The van der Waals surface area contributed by atoms with E-state index >= 15 is 0 Å². The lowest BCUT2D eigenvalue weighted by molar-refractivity contribution is -0.140. The van der Waals surface area contributed by atoms with Gasteiger partial charge in [-0.25, -0.2) is 0 Å². The van der Waals surface area contributed by atoms with Crippen molar-refractivity contribution in [1.82, 2.24) is 4.90 Å². The third-order valence-corrected chi connectivity index (χ3v) is 2.58. The summed E-state index contributed by atoms with van der Waals surface area (Å²) in [7, 11) is 1.39. The molecule has 110 valence electrons. The largest absolute Gasteiger partial charge is 0.367 e. The molecule has 0 aromatic carbocycles. The number of primary amides is 1. The fraction of sp³-hybridized carbons (Fsp3) is 0.400. The lowest BCUT2D eigenvalue weighted by atomic mass is 10.1. The number of nitrogens with zero attached hydrogens (tertiary/aromatic N) is 1. The second kappa shape index (κ2) is 8.09. The molecule has 0 spiro atoms.